The number of carboxylic acids is 1. The number of hydrogen-bond donors (Lipinski definition) is 1. The van der Waals surface area contributed by atoms with Crippen LogP contribution >= 0.6 is 11.3 Å². The smallest absolute Gasteiger partial charge is 0.396 e. The van der Waals surface area contributed by atoms with E-state index in [9.17, 15) is 9.59 Å². The molecule has 0 saturated carbocycles. The molecule has 16 heavy (non-hydrogen) atoms. The van der Waals surface area contributed by atoms with Gasteiger partial charge < -0.3 is 14.3 Å². The van der Waals surface area contributed by atoms with Crippen molar-refractivity contribution in [2.24, 2.45) is 0 Å². The maximum Gasteiger partial charge on any atom is 0.396 e. The fourth-order valence-corrected chi connectivity index (χ4v) is 2.18. The molecule has 1 N–H and O–H groups in total. The third-order valence-corrected chi connectivity index (χ3v) is 2.81. The number of aliphatic carboxylic acids is 1. The topological polar surface area (TPSA) is 76.7 Å². The molecule has 84 valence electrons. The van der Waals surface area contributed by atoms with Gasteiger partial charge in [0.15, 0.2) is 11.3 Å². The van der Waals surface area contributed by atoms with E-state index in [1.807, 2.05) is 0 Å². The summed E-state index contributed by atoms with van der Waals surface area (Å²) in [6, 6.07) is 3.19. The summed E-state index contributed by atoms with van der Waals surface area (Å²) in [4.78, 5) is 21.2. The van der Waals surface area contributed by atoms with Gasteiger partial charge in [0.05, 0.1) is 18.2 Å². The first kappa shape index (κ1) is 10.7. The van der Waals surface area contributed by atoms with Crippen LogP contribution in [0.3, 0.4) is 0 Å². The summed E-state index contributed by atoms with van der Waals surface area (Å²) in [6.07, 6.45) is -0.113. The Morgan fingerprint density at radius 1 is 1.56 bits per heavy atom. The van der Waals surface area contributed by atoms with Crippen LogP contribution in [0.15, 0.2) is 21.3 Å². The monoisotopic (exact) mass is 240 g/mol. The number of carbonyl (C=O) groups is 1. The van der Waals surface area contributed by atoms with Gasteiger partial charge in [0, 0.05) is 0 Å². The normalized spacial score (nSPS) is 10.6. The molecule has 5 nitrogen and oxygen atoms in total. The van der Waals surface area contributed by atoms with E-state index in [2.05, 4.69) is 0 Å². The van der Waals surface area contributed by atoms with Crippen molar-refractivity contribution in [2.45, 2.75) is 6.42 Å². The van der Waals surface area contributed by atoms with Crippen LogP contribution in [0.4, 0.5) is 0 Å². The Bertz CT molecular complexity index is 595. The Balaban J connectivity index is 2.62. The molecule has 1 aromatic carbocycles. The SMILES string of the molecule is COc1cc(CC(=O)O)cc2sc(=O)oc12. The Morgan fingerprint density at radius 3 is 2.94 bits per heavy atom. The molecular formula is C10H8O5S. The van der Waals surface area contributed by atoms with E-state index < -0.39 is 10.9 Å². The zero-order valence-electron chi connectivity index (χ0n) is 8.35. The Kier molecular flexibility index (Phi) is 2.66. The molecular weight excluding hydrogens is 232 g/mol. The predicted molar refractivity (Wildman–Crippen MR) is 58.3 cm³/mol. The van der Waals surface area contributed by atoms with Gasteiger partial charge in [0.25, 0.3) is 0 Å². The predicted octanol–water partition coefficient (Wildman–Crippen LogP) is 1.49. The van der Waals surface area contributed by atoms with Crippen molar-refractivity contribution in [1.82, 2.24) is 0 Å². The van der Waals surface area contributed by atoms with Gasteiger partial charge in [-0.2, -0.15) is 0 Å². The van der Waals surface area contributed by atoms with Crippen molar-refractivity contribution in [3.05, 3.63) is 27.4 Å². The molecule has 0 spiro atoms. The summed E-state index contributed by atoms with van der Waals surface area (Å²) in [6.45, 7) is 0. The van der Waals surface area contributed by atoms with Crippen LogP contribution in [-0.4, -0.2) is 18.2 Å². The van der Waals surface area contributed by atoms with Crippen molar-refractivity contribution in [3.8, 4) is 5.75 Å². The van der Waals surface area contributed by atoms with E-state index in [1.54, 1.807) is 12.1 Å². The van der Waals surface area contributed by atoms with Crippen LogP contribution in [0, 0.1) is 0 Å². The molecule has 0 aliphatic heterocycles. The summed E-state index contributed by atoms with van der Waals surface area (Å²) < 4.78 is 10.6. The van der Waals surface area contributed by atoms with Crippen LogP contribution in [0.5, 0.6) is 5.75 Å². The lowest BCUT2D eigenvalue weighted by Crippen LogP contribution is -2.00. The van der Waals surface area contributed by atoms with E-state index in [-0.39, 0.29) is 6.42 Å². The first-order valence-electron chi connectivity index (χ1n) is 4.42. The van der Waals surface area contributed by atoms with Gasteiger partial charge in [-0.05, 0) is 17.7 Å². The molecule has 0 radical (unpaired) electrons. The summed E-state index contributed by atoms with van der Waals surface area (Å²) in [5.74, 6) is -0.552. The summed E-state index contributed by atoms with van der Waals surface area (Å²) >= 11 is 0.928. The number of benzene rings is 1. The van der Waals surface area contributed by atoms with Crippen LogP contribution in [0.25, 0.3) is 10.3 Å². The van der Waals surface area contributed by atoms with Crippen LogP contribution in [-0.2, 0) is 11.2 Å². The molecule has 1 aromatic heterocycles. The number of carboxylic acid groups (broad SMARTS) is 1. The molecule has 0 aliphatic rings. The lowest BCUT2D eigenvalue weighted by Gasteiger charge is -2.02. The van der Waals surface area contributed by atoms with E-state index in [1.165, 1.54) is 7.11 Å². The second-order valence-corrected chi connectivity index (χ2v) is 4.13. The molecule has 0 amide bonds. The number of hydrogen-bond acceptors (Lipinski definition) is 5. The highest BCUT2D eigenvalue weighted by atomic mass is 32.1. The molecule has 0 bridgehead atoms. The van der Waals surface area contributed by atoms with Crippen LogP contribution < -0.4 is 9.68 Å². The average molecular weight is 240 g/mol. The molecule has 6 heteroatoms. The van der Waals surface area contributed by atoms with Gasteiger partial charge >= 0.3 is 10.9 Å². The van der Waals surface area contributed by atoms with Crippen molar-refractivity contribution >= 4 is 27.6 Å². The quantitative estimate of drug-likeness (QED) is 0.879. The summed E-state index contributed by atoms with van der Waals surface area (Å²) in [5.41, 5.74) is 0.945. The standard InChI is InChI=1S/C10H8O5S/c1-14-6-2-5(4-8(11)12)3-7-9(6)15-10(13)16-7/h2-3H,4H2,1H3,(H,11,12). The maximum absolute atomic E-state index is 11.1. The zero-order chi connectivity index (χ0) is 11.7. The van der Waals surface area contributed by atoms with Gasteiger partial charge in [0.1, 0.15) is 0 Å². The number of methoxy groups -OCH3 is 1. The van der Waals surface area contributed by atoms with Gasteiger partial charge in [-0.3, -0.25) is 4.79 Å². The van der Waals surface area contributed by atoms with E-state index in [0.717, 1.165) is 11.3 Å². The molecule has 0 saturated heterocycles. The minimum atomic E-state index is -0.933. The summed E-state index contributed by atoms with van der Waals surface area (Å²) in [7, 11) is 1.44. The largest absolute Gasteiger partial charge is 0.493 e. The Hall–Kier alpha value is -1.82. The van der Waals surface area contributed by atoms with Gasteiger partial charge in [-0.25, -0.2) is 4.79 Å². The lowest BCUT2D eigenvalue weighted by atomic mass is 10.1. The van der Waals surface area contributed by atoms with Crippen molar-refractivity contribution in [1.29, 1.82) is 0 Å². The fraction of sp³-hybridized carbons (Fsp3) is 0.200. The second kappa shape index (κ2) is 3.97. The highest BCUT2D eigenvalue weighted by Gasteiger charge is 2.12. The second-order valence-electron chi connectivity index (χ2n) is 3.15. The first-order valence-corrected chi connectivity index (χ1v) is 5.24. The highest BCUT2D eigenvalue weighted by molar-refractivity contribution is 7.16. The lowest BCUT2D eigenvalue weighted by molar-refractivity contribution is -0.136. The zero-order valence-corrected chi connectivity index (χ0v) is 9.17. The highest BCUT2D eigenvalue weighted by Crippen LogP contribution is 2.29. The molecule has 0 aliphatic carbocycles. The third-order valence-electron chi connectivity index (χ3n) is 2.03. The average Bonchev–Trinajstić information content (AvgIpc) is 2.56. The number of rotatable bonds is 3. The third kappa shape index (κ3) is 1.92. The summed E-state index contributed by atoms with van der Waals surface area (Å²) in [5, 5.41) is 8.69. The van der Waals surface area contributed by atoms with Crippen molar-refractivity contribution in [3.63, 3.8) is 0 Å². The van der Waals surface area contributed by atoms with Crippen molar-refractivity contribution in [2.75, 3.05) is 7.11 Å². The minimum Gasteiger partial charge on any atom is -0.493 e. The number of ether oxygens (including phenoxy) is 1. The molecule has 0 atom stereocenters. The van der Waals surface area contributed by atoms with Crippen LogP contribution in [0.2, 0.25) is 0 Å². The van der Waals surface area contributed by atoms with Gasteiger partial charge in [-0.1, -0.05) is 11.3 Å². The van der Waals surface area contributed by atoms with Gasteiger partial charge in [0.2, 0.25) is 0 Å². The molecule has 0 unspecified atom stereocenters. The molecule has 2 aromatic rings. The molecule has 2 rings (SSSR count). The van der Waals surface area contributed by atoms with E-state index in [0.29, 0.717) is 21.6 Å². The maximum atomic E-state index is 11.1. The van der Waals surface area contributed by atoms with E-state index in [4.69, 9.17) is 14.3 Å². The van der Waals surface area contributed by atoms with E-state index >= 15 is 0 Å². The van der Waals surface area contributed by atoms with Gasteiger partial charge in [-0.15, -0.1) is 0 Å². The first-order chi connectivity index (χ1) is 7.60. The molecule has 0 fully saturated rings. The fourth-order valence-electron chi connectivity index (χ4n) is 1.43. The minimum absolute atomic E-state index is 0.113. The van der Waals surface area contributed by atoms with Crippen molar-refractivity contribution < 1.29 is 19.1 Å². The Labute approximate surface area is 93.9 Å². The molecule has 1 heterocycles. The van der Waals surface area contributed by atoms with Crippen LogP contribution in [0.1, 0.15) is 5.56 Å². The number of fused-ring (bicyclic) bond motifs is 1. The Morgan fingerprint density at radius 2 is 2.31 bits per heavy atom.